The molecule has 0 spiro atoms. The number of primary amides is 1. The zero-order valence-corrected chi connectivity index (χ0v) is 8.01. The van der Waals surface area contributed by atoms with Crippen LogP contribution in [-0.2, 0) is 11.3 Å². The summed E-state index contributed by atoms with van der Waals surface area (Å²) in [6.45, 7) is 0.145. The van der Waals surface area contributed by atoms with Crippen LogP contribution in [0.4, 0.5) is 0 Å². The second-order valence-corrected chi connectivity index (χ2v) is 3.23. The first-order valence-electron chi connectivity index (χ1n) is 4.55. The Morgan fingerprint density at radius 1 is 1.40 bits per heavy atom. The molecule has 1 heterocycles. The molecule has 0 aliphatic heterocycles. The SMILES string of the molecule is NC(=O)c1cc2ccccc2n1CC=O. The zero-order valence-electron chi connectivity index (χ0n) is 8.01. The van der Waals surface area contributed by atoms with E-state index >= 15 is 0 Å². The second kappa shape index (κ2) is 3.57. The van der Waals surface area contributed by atoms with Crippen molar-refractivity contribution in [2.75, 3.05) is 0 Å². The zero-order chi connectivity index (χ0) is 10.8. The number of hydrogen-bond donors (Lipinski definition) is 1. The summed E-state index contributed by atoms with van der Waals surface area (Å²) in [5, 5.41) is 0.910. The van der Waals surface area contributed by atoms with Crippen LogP contribution >= 0.6 is 0 Å². The van der Waals surface area contributed by atoms with E-state index < -0.39 is 5.91 Å². The van der Waals surface area contributed by atoms with E-state index in [2.05, 4.69) is 0 Å². The van der Waals surface area contributed by atoms with E-state index in [1.165, 1.54) is 0 Å². The Balaban J connectivity index is 2.73. The molecule has 0 aliphatic rings. The quantitative estimate of drug-likeness (QED) is 0.753. The molecule has 0 atom stereocenters. The summed E-state index contributed by atoms with van der Waals surface area (Å²) < 4.78 is 1.62. The maximum atomic E-state index is 11.2. The third-order valence-electron chi connectivity index (χ3n) is 2.32. The molecule has 4 heteroatoms. The molecule has 0 unspecified atom stereocenters. The van der Waals surface area contributed by atoms with E-state index in [9.17, 15) is 9.59 Å². The standard InChI is InChI=1S/C11H10N2O2/c12-11(15)10-7-8-3-1-2-4-9(8)13(10)5-6-14/h1-4,6-7H,5H2,(H2,12,15). The number of aromatic nitrogens is 1. The van der Waals surface area contributed by atoms with E-state index in [1.807, 2.05) is 24.3 Å². The fraction of sp³-hybridized carbons (Fsp3) is 0.0909. The molecule has 2 aromatic rings. The fourth-order valence-corrected chi connectivity index (χ4v) is 1.69. The average Bonchev–Trinajstić information content (AvgIpc) is 2.58. The molecule has 0 bridgehead atoms. The predicted molar refractivity (Wildman–Crippen MR) is 56.5 cm³/mol. The highest BCUT2D eigenvalue weighted by molar-refractivity contribution is 5.98. The van der Waals surface area contributed by atoms with Crippen LogP contribution in [0.3, 0.4) is 0 Å². The Morgan fingerprint density at radius 2 is 2.13 bits per heavy atom. The molecule has 1 amide bonds. The number of para-hydroxylation sites is 1. The van der Waals surface area contributed by atoms with E-state index in [-0.39, 0.29) is 6.54 Å². The van der Waals surface area contributed by atoms with Crippen molar-refractivity contribution < 1.29 is 9.59 Å². The number of nitrogens with zero attached hydrogens (tertiary/aromatic N) is 1. The van der Waals surface area contributed by atoms with Gasteiger partial charge in [0.1, 0.15) is 12.0 Å². The number of fused-ring (bicyclic) bond motifs is 1. The number of hydrogen-bond acceptors (Lipinski definition) is 2. The largest absolute Gasteiger partial charge is 0.364 e. The third kappa shape index (κ3) is 1.50. The minimum absolute atomic E-state index is 0.145. The van der Waals surface area contributed by atoms with Crippen LogP contribution in [0, 0.1) is 0 Å². The second-order valence-electron chi connectivity index (χ2n) is 3.23. The van der Waals surface area contributed by atoms with Crippen molar-refractivity contribution in [3.63, 3.8) is 0 Å². The van der Waals surface area contributed by atoms with Crippen LogP contribution in [0.2, 0.25) is 0 Å². The van der Waals surface area contributed by atoms with Gasteiger partial charge < -0.3 is 15.1 Å². The molecule has 76 valence electrons. The van der Waals surface area contributed by atoms with Crippen molar-refractivity contribution in [3.8, 4) is 0 Å². The summed E-state index contributed by atoms with van der Waals surface area (Å²) in [7, 11) is 0. The molecule has 4 nitrogen and oxygen atoms in total. The molecule has 2 rings (SSSR count). The van der Waals surface area contributed by atoms with Crippen LogP contribution in [0.1, 0.15) is 10.5 Å². The molecular weight excluding hydrogens is 192 g/mol. The van der Waals surface area contributed by atoms with Gasteiger partial charge in [-0.3, -0.25) is 4.79 Å². The maximum absolute atomic E-state index is 11.2. The van der Waals surface area contributed by atoms with Gasteiger partial charge in [0.2, 0.25) is 0 Å². The molecular formula is C11H10N2O2. The number of nitrogens with two attached hydrogens (primary N) is 1. The Kier molecular flexibility index (Phi) is 2.25. The van der Waals surface area contributed by atoms with Crippen LogP contribution in [0.25, 0.3) is 10.9 Å². The summed E-state index contributed by atoms with van der Waals surface area (Å²) in [6.07, 6.45) is 0.749. The lowest BCUT2D eigenvalue weighted by molar-refractivity contribution is -0.108. The molecule has 0 radical (unpaired) electrons. The number of carbonyl (C=O) groups excluding carboxylic acids is 2. The lowest BCUT2D eigenvalue weighted by Gasteiger charge is -2.03. The summed E-state index contributed by atoms with van der Waals surface area (Å²) >= 11 is 0. The molecule has 0 saturated heterocycles. The summed E-state index contributed by atoms with van der Waals surface area (Å²) in [6, 6.07) is 9.16. The Hall–Kier alpha value is -2.10. The number of benzene rings is 1. The smallest absolute Gasteiger partial charge is 0.265 e. The Bertz CT molecular complexity index is 528. The first-order chi connectivity index (χ1) is 7.24. The van der Waals surface area contributed by atoms with Crippen molar-refractivity contribution >= 4 is 23.1 Å². The molecule has 15 heavy (non-hydrogen) atoms. The van der Waals surface area contributed by atoms with Gasteiger partial charge in [0.25, 0.3) is 5.91 Å². The molecule has 0 fully saturated rings. The van der Waals surface area contributed by atoms with Crippen molar-refractivity contribution in [3.05, 3.63) is 36.0 Å². The highest BCUT2D eigenvalue weighted by atomic mass is 16.1. The lowest BCUT2D eigenvalue weighted by atomic mass is 10.2. The maximum Gasteiger partial charge on any atom is 0.265 e. The lowest BCUT2D eigenvalue weighted by Crippen LogP contribution is -2.17. The van der Waals surface area contributed by atoms with Crippen LogP contribution in [0.5, 0.6) is 0 Å². The van der Waals surface area contributed by atoms with Gasteiger partial charge in [-0.2, -0.15) is 0 Å². The number of rotatable bonds is 3. The molecule has 1 aromatic carbocycles. The van der Waals surface area contributed by atoms with Crippen LogP contribution < -0.4 is 5.73 Å². The summed E-state index contributed by atoms with van der Waals surface area (Å²) in [4.78, 5) is 21.7. The highest BCUT2D eigenvalue weighted by Gasteiger charge is 2.11. The summed E-state index contributed by atoms with van der Waals surface area (Å²) in [5.74, 6) is -0.520. The van der Waals surface area contributed by atoms with Gasteiger partial charge in [0.15, 0.2) is 0 Å². The third-order valence-corrected chi connectivity index (χ3v) is 2.32. The minimum Gasteiger partial charge on any atom is -0.364 e. The average molecular weight is 202 g/mol. The number of aldehydes is 1. The first-order valence-corrected chi connectivity index (χ1v) is 4.55. The van der Waals surface area contributed by atoms with Gasteiger partial charge in [0.05, 0.1) is 6.54 Å². The summed E-state index contributed by atoms with van der Waals surface area (Å²) in [5.41, 5.74) is 6.44. The fourth-order valence-electron chi connectivity index (χ4n) is 1.69. The van der Waals surface area contributed by atoms with Crippen LogP contribution in [0.15, 0.2) is 30.3 Å². The molecule has 2 N–H and O–H groups in total. The minimum atomic E-state index is -0.520. The molecule has 0 aliphatic carbocycles. The van der Waals surface area contributed by atoms with Gasteiger partial charge in [0, 0.05) is 10.9 Å². The van der Waals surface area contributed by atoms with Crippen molar-refractivity contribution in [1.29, 1.82) is 0 Å². The first kappa shape index (κ1) is 9.45. The highest BCUT2D eigenvalue weighted by Crippen LogP contribution is 2.18. The predicted octanol–water partition coefficient (Wildman–Crippen LogP) is 0.939. The van der Waals surface area contributed by atoms with Gasteiger partial charge in [-0.05, 0) is 12.1 Å². The van der Waals surface area contributed by atoms with Gasteiger partial charge in [-0.1, -0.05) is 18.2 Å². The van der Waals surface area contributed by atoms with Gasteiger partial charge in [-0.25, -0.2) is 0 Å². The van der Waals surface area contributed by atoms with Crippen molar-refractivity contribution in [1.82, 2.24) is 4.57 Å². The normalized spacial score (nSPS) is 10.4. The van der Waals surface area contributed by atoms with Crippen molar-refractivity contribution in [2.24, 2.45) is 5.73 Å². The number of amides is 1. The molecule has 1 aromatic heterocycles. The topological polar surface area (TPSA) is 65.1 Å². The number of carbonyl (C=O) groups is 2. The Labute approximate surface area is 86.3 Å². The van der Waals surface area contributed by atoms with Gasteiger partial charge >= 0.3 is 0 Å². The van der Waals surface area contributed by atoms with E-state index in [0.29, 0.717) is 5.69 Å². The van der Waals surface area contributed by atoms with Crippen molar-refractivity contribution in [2.45, 2.75) is 6.54 Å². The van der Waals surface area contributed by atoms with Crippen LogP contribution in [-0.4, -0.2) is 16.8 Å². The van der Waals surface area contributed by atoms with E-state index in [0.717, 1.165) is 17.2 Å². The van der Waals surface area contributed by atoms with E-state index in [4.69, 9.17) is 5.73 Å². The van der Waals surface area contributed by atoms with E-state index in [1.54, 1.807) is 10.6 Å². The Morgan fingerprint density at radius 3 is 2.80 bits per heavy atom. The molecule has 0 saturated carbocycles. The monoisotopic (exact) mass is 202 g/mol. The van der Waals surface area contributed by atoms with Gasteiger partial charge in [-0.15, -0.1) is 0 Å².